The van der Waals surface area contributed by atoms with Crippen LogP contribution in [0.1, 0.15) is 26.5 Å². The zero-order valence-corrected chi connectivity index (χ0v) is 11.7. The lowest BCUT2D eigenvalue weighted by Crippen LogP contribution is -2.35. The largest absolute Gasteiger partial charge is 0.306 e. The third-order valence-corrected chi connectivity index (χ3v) is 2.79. The Morgan fingerprint density at radius 3 is 2.50 bits per heavy atom. The Labute approximate surface area is 102 Å². The molecule has 14 heavy (non-hydrogen) atoms. The lowest BCUT2D eigenvalue weighted by molar-refractivity contribution is 0.421. The number of nitrogens with one attached hydrogen (secondary N) is 1. The molecule has 1 aromatic heterocycles. The number of rotatable bonds is 2. The predicted molar refractivity (Wildman–Crippen MR) is 66.2 cm³/mol. The summed E-state index contributed by atoms with van der Waals surface area (Å²) in [5.41, 5.74) is 1.15. The molecular formula is C10H14Br2N2. The van der Waals surface area contributed by atoms with E-state index >= 15 is 0 Å². The van der Waals surface area contributed by atoms with Gasteiger partial charge in [0.05, 0.1) is 5.69 Å². The lowest BCUT2D eigenvalue weighted by Gasteiger charge is -2.20. The summed E-state index contributed by atoms with van der Waals surface area (Å²) in [5.74, 6) is 0. The predicted octanol–water partition coefficient (Wildman–Crippen LogP) is 3.49. The van der Waals surface area contributed by atoms with Gasteiger partial charge in [0.25, 0.3) is 0 Å². The van der Waals surface area contributed by atoms with Crippen LogP contribution in [0.3, 0.4) is 0 Å². The van der Waals surface area contributed by atoms with Crippen molar-refractivity contribution in [1.82, 2.24) is 10.3 Å². The molecule has 1 rings (SSSR count). The highest BCUT2D eigenvalue weighted by atomic mass is 79.9. The van der Waals surface area contributed by atoms with Crippen molar-refractivity contribution in [3.63, 3.8) is 0 Å². The van der Waals surface area contributed by atoms with Crippen LogP contribution >= 0.6 is 31.9 Å². The molecule has 0 atom stereocenters. The van der Waals surface area contributed by atoms with E-state index in [-0.39, 0.29) is 5.54 Å². The molecule has 0 aromatic carbocycles. The van der Waals surface area contributed by atoms with E-state index in [2.05, 4.69) is 62.9 Å². The molecule has 0 aliphatic carbocycles. The molecule has 0 radical (unpaired) electrons. The van der Waals surface area contributed by atoms with Gasteiger partial charge >= 0.3 is 0 Å². The maximum absolute atomic E-state index is 4.32. The van der Waals surface area contributed by atoms with Crippen LogP contribution in [-0.4, -0.2) is 10.5 Å². The second-order valence-corrected chi connectivity index (χ2v) is 5.96. The minimum Gasteiger partial charge on any atom is -0.306 e. The Hall–Kier alpha value is 0.0700. The molecule has 0 saturated heterocycles. The third-order valence-electron chi connectivity index (χ3n) is 1.67. The fraction of sp³-hybridized carbons (Fsp3) is 0.500. The summed E-state index contributed by atoms with van der Waals surface area (Å²) in [6, 6.07) is 2.01. The zero-order chi connectivity index (χ0) is 10.8. The van der Waals surface area contributed by atoms with E-state index in [1.54, 1.807) is 0 Å². The van der Waals surface area contributed by atoms with Crippen molar-refractivity contribution >= 4 is 31.9 Å². The second-order valence-electron chi connectivity index (χ2n) is 4.19. The number of hydrogen-bond donors (Lipinski definition) is 1. The number of aromatic nitrogens is 1. The summed E-state index contributed by atoms with van der Waals surface area (Å²) in [7, 11) is 0. The molecule has 2 nitrogen and oxygen atoms in total. The molecule has 1 aromatic rings. The average molecular weight is 322 g/mol. The molecule has 4 heteroatoms. The van der Waals surface area contributed by atoms with Crippen LogP contribution < -0.4 is 5.32 Å². The van der Waals surface area contributed by atoms with Crippen molar-refractivity contribution in [3.8, 4) is 0 Å². The van der Waals surface area contributed by atoms with Gasteiger partial charge in [0, 0.05) is 27.2 Å². The van der Waals surface area contributed by atoms with Crippen molar-refractivity contribution in [2.45, 2.75) is 32.9 Å². The fourth-order valence-electron chi connectivity index (χ4n) is 0.922. The van der Waals surface area contributed by atoms with Crippen molar-refractivity contribution < 1.29 is 0 Å². The Bertz CT molecular complexity index is 318. The Morgan fingerprint density at radius 2 is 2.00 bits per heavy atom. The molecule has 1 heterocycles. The number of halogens is 2. The van der Waals surface area contributed by atoms with Crippen LogP contribution in [0.15, 0.2) is 21.2 Å². The molecule has 0 fully saturated rings. The zero-order valence-electron chi connectivity index (χ0n) is 8.56. The number of nitrogens with zero attached hydrogens (tertiary/aromatic N) is 1. The summed E-state index contributed by atoms with van der Waals surface area (Å²) in [6.45, 7) is 7.19. The maximum atomic E-state index is 4.32. The van der Waals surface area contributed by atoms with E-state index in [1.165, 1.54) is 0 Å². The van der Waals surface area contributed by atoms with Gasteiger partial charge in [0.15, 0.2) is 0 Å². The molecule has 0 aliphatic heterocycles. The second kappa shape index (κ2) is 4.73. The molecule has 0 amide bonds. The first-order valence-corrected chi connectivity index (χ1v) is 6.02. The van der Waals surface area contributed by atoms with Crippen LogP contribution in [0, 0.1) is 0 Å². The van der Waals surface area contributed by atoms with Crippen molar-refractivity contribution in [2.24, 2.45) is 0 Å². The Balaban J connectivity index is 2.68. The van der Waals surface area contributed by atoms with E-state index in [4.69, 9.17) is 0 Å². The minimum atomic E-state index is 0.119. The lowest BCUT2D eigenvalue weighted by atomic mass is 10.1. The summed E-state index contributed by atoms with van der Waals surface area (Å²) >= 11 is 6.86. The molecule has 0 spiro atoms. The van der Waals surface area contributed by atoms with E-state index in [9.17, 15) is 0 Å². The third kappa shape index (κ3) is 4.07. The summed E-state index contributed by atoms with van der Waals surface area (Å²) in [5, 5.41) is 3.39. The Kier molecular flexibility index (Phi) is 4.10. The average Bonchev–Trinajstić information content (AvgIpc) is 2.00. The van der Waals surface area contributed by atoms with E-state index < -0.39 is 0 Å². The van der Waals surface area contributed by atoms with Gasteiger partial charge in [-0.3, -0.25) is 4.98 Å². The number of pyridine rings is 1. The molecule has 0 unspecified atom stereocenters. The Morgan fingerprint density at radius 1 is 1.36 bits per heavy atom. The van der Waals surface area contributed by atoms with Crippen LogP contribution in [0.4, 0.5) is 0 Å². The smallest absolute Gasteiger partial charge is 0.0684 e. The van der Waals surface area contributed by atoms with E-state index in [0.29, 0.717) is 0 Å². The standard InChI is InChI=1S/C10H14Br2N2/c1-10(2,3)14-6-9-8(12)4-7(11)5-13-9/h4-5,14H,6H2,1-3H3. The summed E-state index contributed by atoms with van der Waals surface area (Å²) < 4.78 is 2.02. The van der Waals surface area contributed by atoms with Gasteiger partial charge in [-0.25, -0.2) is 0 Å². The molecule has 78 valence electrons. The van der Waals surface area contributed by atoms with Crippen molar-refractivity contribution in [3.05, 3.63) is 26.9 Å². The monoisotopic (exact) mass is 320 g/mol. The highest BCUT2D eigenvalue weighted by molar-refractivity contribution is 9.11. The molecule has 0 aliphatic rings. The van der Waals surface area contributed by atoms with Gasteiger partial charge in [-0.1, -0.05) is 0 Å². The van der Waals surface area contributed by atoms with Crippen LogP contribution in [0.5, 0.6) is 0 Å². The minimum absolute atomic E-state index is 0.119. The SMILES string of the molecule is CC(C)(C)NCc1ncc(Br)cc1Br. The first kappa shape index (κ1) is 12.1. The molecular weight excluding hydrogens is 308 g/mol. The maximum Gasteiger partial charge on any atom is 0.0684 e. The summed E-state index contributed by atoms with van der Waals surface area (Å²) in [6.07, 6.45) is 1.81. The van der Waals surface area contributed by atoms with Crippen molar-refractivity contribution in [2.75, 3.05) is 0 Å². The van der Waals surface area contributed by atoms with Gasteiger partial charge in [0.2, 0.25) is 0 Å². The van der Waals surface area contributed by atoms with Crippen LogP contribution in [0.25, 0.3) is 0 Å². The molecule has 0 bridgehead atoms. The molecule has 1 N–H and O–H groups in total. The van der Waals surface area contributed by atoms with Gasteiger partial charge in [-0.15, -0.1) is 0 Å². The van der Waals surface area contributed by atoms with E-state index in [1.807, 2.05) is 12.3 Å². The topological polar surface area (TPSA) is 24.9 Å². The quantitative estimate of drug-likeness (QED) is 0.902. The highest BCUT2D eigenvalue weighted by Crippen LogP contribution is 2.19. The van der Waals surface area contributed by atoms with Crippen molar-refractivity contribution in [1.29, 1.82) is 0 Å². The number of hydrogen-bond acceptors (Lipinski definition) is 2. The highest BCUT2D eigenvalue weighted by Gasteiger charge is 2.10. The fourth-order valence-corrected chi connectivity index (χ4v) is 2.05. The normalized spacial score (nSPS) is 11.8. The van der Waals surface area contributed by atoms with Gasteiger partial charge in [-0.2, -0.15) is 0 Å². The van der Waals surface area contributed by atoms with Gasteiger partial charge in [0.1, 0.15) is 0 Å². The van der Waals surface area contributed by atoms with Gasteiger partial charge < -0.3 is 5.32 Å². The van der Waals surface area contributed by atoms with Gasteiger partial charge in [-0.05, 0) is 58.7 Å². The summed E-state index contributed by atoms with van der Waals surface area (Å²) in [4.78, 5) is 4.32. The first-order chi connectivity index (χ1) is 6.38. The first-order valence-electron chi connectivity index (χ1n) is 4.43. The van der Waals surface area contributed by atoms with Crippen LogP contribution in [-0.2, 0) is 6.54 Å². The van der Waals surface area contributed by atoms with E-state index in [0.717, 1.165) is 21.2 Å². The molecule has 0 saturated carbocycles. The van der Waals surface area contributed by atoms with Crippen LogP contribution in [0.2, 0.25) is 0 Å².